The Balaban J connectivity index is 1.68. The SMILES string of the molecule is COc1ccc([C@@H](C(=O)NC2CCCCC2)N(Cc2ccccc2)C(=O)Cc2cccs2)cc1. The molecule has 2 aromatic carbocycles. The van der Waals surface area contributed by atoms with Crippen LogP contribution < -0.4 is 10.1 Å². The van der Waals surface area contributed by atoms with Crippen LogP contribution in [0.15, 0.2) is 72.1 Å². The molecule has 0 bridgehead atoms. The molecule has 1 aliphatic carbocycles. The number of hydrogen-bond acceptors (Lipinski definition) is 4. The van der Waals surface area contributed by atoms with E-state index in [9.17, 15) is 9.59 Å². The number of nitrogens with one attached hydrogen (secondary N) is 1. The third-order valence-electron chi connectivity index (χ3n) is 6.36. The number of nitrogens with zero attached hydrogens (tertiary/aromatic N) is 1. The second-order valence-electron chi connectivity index (χ2n) is 8.78. The Kier molecular flexibility index (Phi) is 8.36. The number of hydrogen-bond donors (Lipinski definition) is 1. The molecule has 1 N–H and O–H groups in total. The average Bonchev–Trinajstić information content (AvgIpc) is 3.38. The molecule has 0 radical (unpaired) electrons. The van der Waals surface area contributed by atoms with Gasteiger partial charge < -0.3 is 15.0 Å². The second-order valence-corrected chi connectivity index (χ2v) is 9.81. The lowest BCUT2D eigenvalue weighted by Gasteiger charge is -2.33. The Labute approximate surface area is 205 Å². The number of amides is 2. The maximum atomic E-state index is 13.8. The summed E-state index contributed by atoms with van der Waals surface area (Å²) in [5.74, 6) is 0.535. The van der Waals surface area contributed by atoms with E-state index in [1.165, 1.54) is 6.42 Å². The minimum absolute atomic E-state index is 0.0640. The van der Waals surface area contributed by atoms with E-state index in [-0.39, 0.29) is 24.3 Å². The molecular formula is C28H32N2O3S. The summed E-state index contributed by atoms with van der Waals surface area (Å²) in [6, 6.07) is 20.7. The predicted molar refractivity (Wildman–Crippen MR) is 136 cm³/mol. The molecule has 0 aliphatic heterocycles. The maximum absolute atomic E-state index is 13.8. The van der Waals surface area contributed by atoms with Gasteiger partial charge in [-0.25, -0.2) is 0 Å². The predicted octanol–water partition coefficient (Wildman–Crippen LogP) is 5.52. The molecule has 1 heterocycles. The molecule has 1 aromatic heterocycles. The molecule has 4 rings (SSSR count). The molecule has 1 aliphatic rings. The summed E-state index contributed by atoms with van der Waals surface area (Å²) in [4.78, 5) is 30.2. The molecule has 1 atom stereocenters. The highest BCUT2D eigenvalue weighted by molar-refractivity contribution is 7.10. The quantitative estimate of drug-likeness (QED) is 0.443. The summed E-state index contributed by atoms with van der Waals surface area (Å²) < 4.78 is 5.32. The van der Waals surface area contributed by atoms with E-state index in [0.29, 0.717) is 6.54 Å². The van der Waals surface area contributed by atoms with Gasteiger partial charge in [0.05, 0.1) is 13.5 Å². The minimum atomic E-state index is -0.722. The fraction of sp³-hybridized carbons (Fsp3) is 0.357. The first kappa shape index (κ1) is 24.0. The summed E-state index contributed by atoms with van der Waals surface area (Å²) in [7, 11) is 1.62. The first-order valence-electron chi connectivity index (χ1n) is 11.9. The van der Waals surface area contributed by atoms with Crippen LogP contribution in [0.2, 0.25) is 0 Å². The van der Waals surface area contributed by atoms with Gasteiger partial charge in [0.25, 0.3) is 0 Å². The third kappa shape index (κ3) is 6.26. The van der Waals surface area contributed by atoms with Crippen LogP contribution in [0.1, 0.15) is 54.1 Å². The fourth-order valence-electron chi connectivity index (χ4n) is 4.55. The number of ether oxygens (including phenoxy) is 1. The molecule has 3 aromatic rings. The summed E-state index contributed by atoms with van der Waals surface area (Å²) in [6.45, 7) is 0.361. The number of rotatable bonds is 9. The van der Waals surface area contributed by atoms with Gasteiger partial charge in [-0.15, -0.1) is 11.3 Å². The highest BCUT2D eigenvalue weighted by atomic mass is 32.1. The number of methoxy groups -OCH3 is 1. The van der Waals surface area contributed by atoms with Crippen molar-refractivity contribution < 1.29 is 14.3 Å². The van der Waals surface area contributed by atoms with Crippen molar-refractivity contribution in [1.82, 2.24) is 10.2 Å². The monoisotopic (exact) mass is 476 g/mol. The molecule has 2 amide bonds. The van der Waals surface area contributed by atoms with Crippen molar-refractivity contribution in [2.45, 2.75) is 57.2 Å². The van der Waals surface area contributed by atoms with Crippen molar-refractivity contribution in [2.24, 2.45) is 0 Å². The van der Waals surface area contributed by atoms with Crippen LogP contribution in [0.4, 0.5) is 0 Å². The number of thiophene rings is 1. The van der Waals surface area contributed by atoms with Crippen LogP contribution in [0.25, 0.3) is 0 Å². The van der Waals surface area contributed by atoms with Gasteiger partial charge in [-0.2, -0.15) is 0 Å². The van der Waals surface area contributed by atoms with E-state index in [4.69, 9.17) is 4.74 Å². The molecule has 1 fully saturated rings. The molecule has 178 valence electrons. The largest absolute Gasteiger partial charge is 0.497 e. The van der Waals surface area contributed by atoms with Gasteiger partial charge in [-0.1, -0.05) is 67.8 Å². The third-order valence-corrected chi connectivity index (χ3v) is 7.24. The summed E-state index contributed by atoms with van der Waals surface area (Å²) in [5.41, 5.74) is 1.77. The second kappa shape index (κ2) is 11.8. The molecule has 5 nitrogen and oxygen atoms in total. The van der Waals surface area contributed by atoms with Crippen LogP contribution in [-0.4, -0.2) is 29.9 Å². The number of carbonyl (C=O) groups excluding carboxylic acids is 2. The number of carbonyl (C=O) groups is 2. The minimum Gasteiger partial charge on any atom is -0.497 e. The van der Waals surface area contributed by atoms with Gasteiger partial charge >= 0.3 is 0 Å². The number of benzene rings is 2. The smallest absolute Gasteiger partial charge is 0.247 e. The maximum Gasteiger partial charge on any atom is 0.247 e. The Morgan fingerprint density at radius 1 is 1.00 bits per heavy atom. The van der Waals surface area contributed by atoms with Crippen molar-refractivity contribution >= 4 is 23.2 Å². The summed E-state index contributed by atoms with van der Waals surface area (Å²) >= 11 is 1.56. The Morgan fingerprint density at radius 2 is 1.74 bits per heavy atom. The van der Waals surface area contributed by atoms with Crippen LogP contribution in [0.3, 0.4) is 0 Å². The van der Waals surface area contributed by atoms with E-state index in [0.717, 1.165) is 47.4 Å². The van der Waals surface area contributed by atoms with E-state index >= 15 is 0 Å². The highest BCUT2D eigenvalue weighted by Gasteiger charge is 2.33. The normalized spacial score (nSPS) is 14.9. The topological polar surface area (TPSA) is 58.6 Å². The Hall–Kier alpha value is -3.12. The Bertz CT molecular complexity index is 1050. The molecule has 34 heavy (non-hydrogen) atoms. The standard InChI is InChI=1S/C28H32N2O3S/c1-33-24-16-14-22(15-17-24)27(28(32)29-23-11-6-3-7-12-23)30(20-21-9-4-2-5-10-21)26(31)19-25-13-8-18-34-25/h2,4-5,8-10,13-18,23,27H,3,6-7,11-12,19-20H2,1H3,(H,29,32)/t27-/m0/s1. The fourth-order valence-corrected chi connectivity index (χ4v) is 5.25. The van der Waals surface area contributed by atoms with Crippen molar-refractivity contribution in [2.75, 3.05) is 7.11 Å². The molecule has 1 saturated carbocycles. The van der Waals surface area contributed by atoms with E-state index in [1.54, 1.807) is 23.3 Å². The zero-order valence-corrected chi connectivity index (χ0v) is 20.4. The van der Waals surface area contributed by atoms with Gasteiger partial charge in [0.2, 0.25) is 11.8 Å². The van der Waals surface area contributed by atoms with Gasteiger partial charge in [0, 0.05) is 17.5 Å². The zero-order valence-electron chi connectivity index (χ0n) is 19.6. The molecule has 6 heteroatoms. The van der Waals surface area contributed by atoms with Gasteiger partial charge in [-0.05, 0) is 47.5 Å². The van der Waals surface area contributed by atoms with Crippen LogP contribution in [0.5, 0.6) is 5.75 Å². The van der Waals surface area contributed by atoms with Gasteiger partial charge in [0.15, 0.2) is 0 Å². The molecule has 0 unspecified atom stereocenters. The van der Waals surface area contributed by atoms with E-state index in [2.05, 4.69) is 5.32 Å². The summed E-state index contributed by atoms with van der Waals surface area (Å²) in [6.07, 6.45) is 5.72. The van der Waals surface area contributed by atoms with Gasteiger partial charge in [0.1, 0.15) is 11.8 Å². The molecular weight excluding hydrogens is 444 g/mol. The van der Waals surface area contributed by atoms with Crippen LogP contribution in [-0.2, 0) is 22.6 Å². The lowest BCUT2D eigenvalue weighted by molar-refractivity contribution is -0.141. The van der Waals surface area contributed by atoms with Crippen molar-refractivity contribution in [3.05, 3.63) is 88.1 Å². The zero-order chi connectivity index (χ0) is 23.8. The summed E-state index contributed by atoms with van der Waals surface area (Å²) in [5, 5.41) is 5.24. The molecule has 0 spiro atoms. The van der Waals surface area contributed by atoms with Crippen molar-refractivity contribution in [3.63, 3.8) is 0 Å². The molecule has 0 saturated heterocycles. The van der Waals surface area contributed by atoms with Crippen molar-refractivity contribution in [3.8, 4) is 5.75 Å². The lowest BCUT2D eigenvalue weighted by Crippen LogP contribution is -2.47. The van der Waals surface area contributed by atoms with Crippen LogP contribution in [0, 0.1) is 0 Å². The van der Waals surface area contributed by atoms with Gasteiger partial charge in [-0.3, -0.25) is 9.59 Å². The Morgan fingerprint density at radius 3 is 2.38 bits per heavy atom. The van der Waals surface area contributed by atoms with E-state index < -0.39 is 6.04 Å². The van der Waals surface area contributed by atoms with E-state index in [1.807, 2.05) is 72.1 Å². The highest BCUT2D eigenvalue weighted by Crippen LogP contribution is 2.28. The lowest BCUT2D eigenvalue weighted by atomic mass is 9.94. The van der Waals surface area contributed by atoms with Crippen LogP contribution >= 0.6 is 11.3 Å². The van der Waals surface area contributed by atoms with Crippen molar-refractivity contribution in [1.29, 1.82) is 0 Å². The first-order valence-corrected chi connectivity index (χ1v) is 12.8. The first-order chi connectivity index (χ1) is 16.6. The average molecular weight is 477 g/mol.